The first-order valence-electron chi connectivity index (χ1n) is 6.10. The molecule has 1 unspecified atom stereocenters. The van der Waals surface area contributed by atoms with E-state index >= 15 is 0 Å². The number of benzene rings is 2. The van der Waals surface area contributed by atoms with Crippen LogP contribution in [0.3, 0.4) is 0 Å². The van der Waals surface area contributed by atoms with Crippen LogP contribution in [0.4, 0.5) is 0 Å². The standard InChI is InChI=1S/C15H14BrCl2NO2/c1-20-13-4-3-8(5-10(13)16)15(19)9-6-12(18)14(21-2)7-11(9)17/h3-7,15H,19H2,1-2H3. The molecule has 0 aliphatic rings. The molecule has 0 aliphatic carbocycles. The van der Waals surface area contributed by atoms with Crippen LogP contribution < -0.4 is 15.2 Å². The molecule has 0 fully saturated rings. The predicted octanol–water partition coefficient (Wildman–Crippen LogP) is 4.82. The van der Waals surface area contributed by atoms with E-state index in [2.05, 4.69) is 15.9 Å². The van der Waals surface area contributed by atoms with Gasteiger partial charge in [-0.3, -0.25) is 0 Å². The van der Waals surface area contributed by atoms with Gasteiger partial charge in [-0.15, -0.1) is 0 Å². The van der Waals surface area contributed by atoms with E-state index in [0.717, 1.165) is 21.3 Å². The van der Waals surface area contributed by atoms with E-state index in [1.165, 1.54) is 7.11 Å². The van der Waals surface area contributed by atoms with Crippen molar-refractivity contribution in [2.24, 2.45) is 5.73 Å². The molecule has 0 heterocycles. The lowest BCUT2D eigenvalue weighted by molar-refractivity contribution is 0.412. The summed E-state index contributed by atoms with van der Waals surface area (Å²) in [6.45, 7) is 0. The number of nitrogens with two attached hydrogens (primary N) is 1. The van der Waals surface area contributed by atoms with Crippen molar-refractivity contribution in [3.05, 3.63) is 56.0 Å². The normalized spacial score (nSPS) is 12.1. The lowest BCUT2D eigenvalue weighted by Gasteiger charge is -2.17. The van der Waals surface area contributed by atoms with Gasteiger partial charge >= 0.3 is 0 Å². The van der Waals surface area contributed by atoms with E-state index in [9.17, 15) is 0 Å². The molecule has 112 valence electrons. The van der Waals surface area contributed by atoms with Gasteiger partial charge in [0.1, 0.15) is 11.5 Å². The lowest BCUT2D eigenvalue weighted by Crippen LogP contribution is -2.12. The highest BCUT2D eigenvalue weighted by Gasteiger charge is 2.17. The maximum absolute atomic E-state index is 6.29. The zero-order chi connectivity index (χ0) is 15.6. The monoisotopic (exact) mass is 389 g/mol. The Balaban J connectivity index is 2.42. The van der Waals surface area contributed by atoms with Crippen LogP contribution in [0, 0.1) is 0 Å². The van der Waals surface area contributed by atoms with Crippen LogP contribution >= 0.6 is 39.1 Å². The van der Waals surface area contributed by atoms with Crippen LogP contribution in [-0.4, -0.2) is 14.2 Å². The van der Waals surface area contributed by atoms with Gasteiger partial charge in [0.25, 0.3) is 0 Å². The Morgan fingerprint density at radius 1 is 1.00 bits per heavy atom. The largest absolute Gasteiger partial charge is 0.496 e. The highest BCUT2D eigenvalue weighted by atomic mass is 79.9. The second-order valence-electron chi connectivity index (χ2n) is 4.38. The number of ether oxygens (including phenoxy) is 2. The molecule has 2 aromatic rings. The minimum atomic E-state index is -0.400. The molecule has 0 bridgehead atoms. The van der Waals surface area contributed by atoms with Crippen molar-refractivity contribution in [3.8, 4) is 11.5 Å². The summed E-state index contributed by atoms with van der Waals surface area (Å²) >= 11 is 15.9. The smallest absolute Gasteiger partial charge is 0.138 e. The van der Waals surface area contributed by atoms with E-state index in [-0.39, 0.29) is 0 Å². The molecule has 3 nitrogen and oxygen atoms in total. The number of hydrogen-bond acceptors (Lipinski definition) is 3. The van der Waals surface area contributed by atoms with Gasteiger partial charge in [-0.1, -0.05) is 29.3 Å². The van der Waals surface area contributed by atoms with Gasteiger partial charge in [0, 0.05) is 11.1 Å². The van der Waals surface area contributed by atoms with Crippen molar-refractivity contribution in [2.45, 2.75) is 6.04 Å². The van der Waals surface area contributed by atoms with Gasteiger partial charge in [0.15, 0.2) is 0 Å². The predicted molar refractivity (Wildman–Crippen MR) is 89.7 cm³/mol. The number of methoxy groups -OCH3 is 2. The fourth-order valence-corrected chi connectivity index (χ4v) is 3.07. The molecule has 2 aromatic carbocycles. The maximum Gasteiger partial charge on any atom is 0.138 e. The zero-order valence-electron chi connectivity index (χ0n) is 11.5. The van der Waals surface area contributed by atoms with E-state index in [1.807, 2.05) is 18.2 Å². The summed E-state index contributed by atoms with van der Waals surface area (Å²) < 4.78 is 11.2. The van der Waals surface area contributed by atoms with E-state index in [4.69, 9.17) is 38.4 Å². The molecular weight excluding hydrogens is 377 g/mol. The molecular formula is C15H14BrCl2NO2. The third-order valence-electron chi connectivity index (χ3n) is 3.14. The van der Waals surface area contributed by atoms with Crippen molar-refractivity contribution in [3.63, 3.8) is 0 Å². The molecule has 0 saturated carbocycles. The Bertz CT molecular complexity index is 664. The van der Waals surface area contributed by atoms with Crippen LogP contribution in [0.5, 0.6) is 11.5 Å². The molecule has 0 aromatic heterocycles. The Morgan fingerprint density at radius 3 is 2.24 bits per heavy atom. The molecule has 21 heavy (non-hydrogen) atoms. The average Bonchev–Trinajstić information content (AvgIpc) is 2.48. The molecule has 0 aliphatic heterocycles. The Kier molecular flexibility index (Phi) is 5.38. The Morgan fingerprint density at radius 2 is 1.67 bits per heavy atom. The summed E-state index contributed by atoms with van der Waals surface area (Å²) in [5.74, 6) is 1.26. The first kappa shape index (κ1) is 16.4. The zero-order valence-corrected chi connectivity index (χ0v) is 14.6. The molecule has 6 heteroatoms. The van der Waals surface area contributed by atoms with Gasteiger partial charge in [-0.2, -0.15) is 0 Å². The fourth-order valence-electron chi connectivity index (χ4n) is 1.99. The van der Waals surface area contributed by atoms with Gasteiger partial charge < -0.3 is 15.2 Å². The van der Waals surface area contributed by atoms with Crippen molar-refractivity contribution in [1.82, 2.24) is 0 Å². The van der Waals surface area contributed by atoms with Gasteiger partial charge in [0.05, 0.1) is 29.8 Å². The lowest BCUT2D eigenvalue weighted by atomic mass is 9.99. The third kappa shape index (κ3) is 3.46. The van der Waals surface area contributed by atoms with Gasteiger partial charge in [-0.25, -0.2) is 0 Å². The minimum Gasteiger partial charge on any atom is -0.496 e. The van der Waals surface area contributed by atoms with E-state index in [0.29, 0.717) is 15.8 Å². The summed E-state index contributed by atoms with van der Waals surface area (Å²) in [6, 6.07) is 8.63. The van der Waals surface area contributed by atoms with Gasteiger partial charge in [0.2, 0.25) is 0 Å². The first-order valence-corrected chi connectivity index (χ1v) is 7.64. The average molecular weight is 391 g/mol. The SMILES string of the molecule is COc1cc(Cl)c(C(N)c2ccc(OC)c(Br)c2)cc1Cl. The fraction of sp³-hybridized carbons (Fsp3) is 0.200. The van der Waals surface area contributed by atoms with Crippen LogP contribution in [0.15, 0.2) is 34.8 Å². The molecule has 0 spiro atoms. The molecule has 0 radical (unpaired) electrons. The number of halogens is 3. The van der Waals surface area contributed by atoms with Crippen LogP contribution in [-0.2, 0) is 0 Å². The summed E-state index contributed by atoms with van der Waals surface area (Å²) in [6.07, 6.45) is 0. The first-order chi connectivity index (χ1) is 9.97. The van der Waals surface area contributed by atoms with Crippen LogP contribution in [0.1, 0.15) is 17.2 Å². The maximum atomic E-state index is 6.29. The second kappa shape index (κ2) is 6.88. The van der Waals surface area contributed by atoms with Gasteiger partial charge in [-0.05, 0) is 45.3 Å². The number of hydrogen-bond donors (Lipinski definition) is 1. The third-order valence-corrected chi connectivity index (χ3v) is 4.38. The Hall–Kier alpha value is -0.940. The highest BCUT2D eigenvalue weighted by molar-refractivity contribution is 9.10. The molecule has 2 rings (SSSR count). The van der Waals surface area contributed by atoms with Crippen LogP contribution in [0.2, 0.25) is 10.0 Å². The highest BCUT2D eigenvalue weighted by Crippen LogP contribution is 2.36. The topological polar surface area (TPSA) is 44.5 Å². The van der Waals surface area contributed by atoms with Crippen molar-refractivity contribution in [1.29, 1.82) is 0 Å². The summed E-state index contributed by atoms with van der Waals surface area (Å²) in [4.78, 5) is 0. The number of rotatable bonds is 4. The quantitative estimate of drug-likeness (QED) is 0.813. The van der Waals surface area contributed by atoms with Crippen molar-refractivity contribution >= 4 is 39.1 Å². The van der Waals surface area contributed by atoms with Crippen LogP contribution in [0.25, 0.3) is 0 Å². The molecule has 0 saturated heterocycles. The summed E-state index contributed by atoms with van der Waals surface area (Å²) in [5.41, 5.74) is 7.92. The summed E-state index contributed by atoms with van der Waals surface area (Å²) in [5, 5.41) is 0.982. The molecule has 2 N–H and O–H groups in total. The minimum absolute atomic E-state index is 0.400. The van der Waals surface area contributed by atoms with E-state index < -0.39 is 6.04 Å². The second-order valence-corrected chi connectivity index (χ2v) is 6.05. The molecule has 1 atom stereocenters. The van der Waals surface area contributed by atoms with E-state index in [1.54, 1.807) is 19.2 Å². The van der Waals surface area contributed by atoms with Crippen molar-refractivity contribution < 1.29 is 9.47 Å². The molecule has 0 amide bonds. The summed E-state index contributed by atoms with van der Waals surface area (Å²) in [7, 11) is 3.15. The van der Waals surface area contributed by atoms with Crippen molar-refractivity contribution in [2.75, 3.05) is 14.2 Å². The Labute approximate surface area is 142 Å².